The number of likely N-dealkylation sites (N-methyl/N-ethyl adjacent to an activating group) is 1. The van der Waals surface area contributed by atoms with E-state index in [0.29, 0.717) is 19.6 Å². The van der Waals surface area contributed by atoms with E-state index in [9.17, 15) is 13.2 Å². The van der Waals surface area contributed by atoms with Crippen LogP contribution in [0.15, 0.2) is 29.2 Å². The summed E-state index contributed by atoms with van der Waals surface area (Å²) < 4.78 is 27.8. The van der Waals surface area contributed by atoms with Crippen molar-refractivity contribution in [2.24, 2.45) is 0 Å². The van der Waals surface area contributed by atoms with Gasteiger partial charge in [0, 0.05) is 37.3 Å². The van der Waals surface area contributed by atoms with Crippen LogP contribution in [0.2, 0.25) is 0 Å². The zero-order valence-electron chi connectivity index (χ0n) is 11.9. The maximum atomic E-state index is 12.8. The van der Waals surface area contributed by atoms with Gasteiger partial charge < -0.3 is 10.2 Å². The molecule has 116 valence electrons. The van der Waals surface area contributed by atoms with E-state index in [-0.39, 0.29) is 10.8 Å². The van der Waals surface area contributed by atoms with Crippen LogP contribution in [0, 0.1) is 3.57 Å². The van der Waals surface area contributed by atoms with Crippen LogP contribution in [0.25, 0.3) is 0 Å². The molecule has 1 saturated heterocycles. The van der Waals surface area contributed by atoms with E-state index in [1.54, 1.807) is 38.4 Å². The summed E-state index contributed by atoms with van der Waals surface area (Å²) in [5.74, 6) is -0.212. The summed E-state index contributed by atoms with van der Waals surface area (Å²) >= 11 is 2.12. The SMILES string of the molecule is CN(C)C(=O)C1CNCCN1S(=O)(=O)c1ccc(I)cc1. The molecule has 0 bridgehead atoms. The Labute approximate surface area is 138 Å². The van der Waals surface area contributed by atoms with Gasteiger partial charge in [-0.15, -0.1) is 0 Å². The van der Waals surface area contributed by atoms with E-state index in [1.165, 1.54) is 9.21 Å². The Morgan fingerprint density at radius 3 is 2.52 bits per heavy atom. The van der Waals surface area contributed by atoms with Gasteiger partial charge in [-0.2, -0.15) is 4.31 Å². The van der Waals surface area contributed by atoms with E-state index in [0.717, 1.165) is 3.57 Å². The van der Waals surface area contributed by atoms with E-state index in [2.05, 4.69) is 27.9 Å². The zero-order chi connectivity index (χ0) is 15.6. The molecule has 1 unspecified atom stereocenters. The Kier molecular flexibility index (Phi) is 5.23. The molecule has 1 aliphatic heterocycles. The normalized spacial score (nSPS) is 20.2. The molecular formula is C13H18IN3O3S. The minimum atomic E-state index is -3.66. The molecule has 1 atom stereocenters. The highest BCUT2D eigenvalue weighted by molar-refractivity contribution is 14.1. The standard InChI is InChI=1S/C13H18IN3O3S/c1-16(2)13(18)12-9-15-7-8-17(12)21(19,20)11-5-3-10(14)4-6-11/h3-6,12,15H,7-9H2,1-2H3. The molecule has 1 amide bonds. The number of amides is 1. The quantitative estimate of drug-likeness (QED) is 0.713. The number of benzene rings is 1. The molecule has 6 nitrogen and oxygen atoms in total. The summed E-state index contributed by atoms with van der Waals surface area (Å²) in [7, 11) is -0.401. The van der Waals surface area contributed by atoms with Crippen LogP contribution in [0.4, 0.5) is 0 Å². The highest BCUT2D eigenvalue weighted by atomic mass is 127. The number of nitrogens with one attached hydrogen (secondary N) is 1. The molecule has 1 aromatic carbocycles. The van der Waals surface area contributed by atoms with Gasteiger partial charge in [-0.05, 0) is 46.9 Å². The summed E-state index contributed by atoms with van der Waals surface area (Å²) in [6.07, 6.45) is 0. The third-order valence-corrected chi connectivity index (χ3v) is 5.98. The van der Waals surface area contributed by atoms with Gasteiger partial charge in [0.05, 0.1) is 4.90 Å². The fourth-order valence-electron chi connectivity index (χ4n) is 2.22. The fourth-order valence-corrected chi connectivity index (χ4v) is 4.17. The van der Waals surface area contributed by atoms with Crippen molar-refractivity contribution in [2.75, 3.05) is 33.7 Å². The van der Waals surface area contributed by atoms with Gasteiger partial charge in [0.15, 0.2) is 0 Å². The van der Waals surface area contributed by atoms with Crippen LogP contribution in [0.3, 0.4) is 0 Å². The van der Waals surface area contributed by atoms with Gasteiger partial charge in [0.1, 0.15) is 6.04 Å². The van der Waals surface area contributed by atoms with Gasteiger partial charge in [-0.25, -0.2) is 8.42 Å². The van der Waals surface area contributed by atoms with Crippen LogP contribution < -0.4 is 5.32 Å². The van der Waals surface area contributed by atoms with Crippen molar-refractivity contribution >= 4 is 38.5 Å². The molecule has 1 heterocycles. The first-order valence-corrected chi connectivity index (χ1v) is 9.05. The highest BCUT2D eigenvalue weighted by Crippen LogP contribution is 2.21. The number of carbonyl (C=O) groups excluding carboxylic acids is 1. The van der Waals surface area contributed by atoms with Crippen LogP contribution in [0.1, 0.15) is 0 Å². The van der Waals surface area contributed by atoms with E-state index >= 15 is 0 Å². The van der Waals surface area contributed by atoms with Crippen molar-refractivity contribution in [3.8, 4) is 0 Å². The molecule has 1 fully saturated rings. The predicted octanol–water partition coefficient (Wildman–Crippen LogP) is 0.342. The van der Waals surface area contributed by atoms with Crippen molar-refractivity contribution in [3.05, 3.63) is 27.8 Å². The minimum Gasteiger partial charge on any atom is -0.347 e. The first-order valence-electron chi connectivity index (χ1n) is 6.53. The van der Waals surface area contributed by atoms with Crippen LogP contribution >= 0.6 is 22.6 Å². The number of rotatable bonds is 3. The molecule has 0 aliphatic carbocycles. The Bertz CT molecular complexity index is 616. The third kappa shape index (κ3) is 3.55. The molecule has 0 saturated carbocycles. The molecule has 0 spiro atoms. The van der Waals surface area contributed by atoms with Gasteiger partial charge in [0.25, 0.3) is 0 Å². The number of carbonyl (C=O) groups is 1. The number of sulfonamides is 1. The lowest BCUT2D eigenvalue weighted by Gasteiger charge is -2.35. The Balaban J connectivity index is 2.36. The Morgan fingerprint density at radius 2 is 1.95 bits per heavy atom. The van der Waals surface area contributed by atoms with E-state index < -0.39 is 16.1 Å². The van der Waals surface area contributed by atoms with Crippen LogP contribution in [0.5, 0.6) is 0 Å². The lowest BCUT2D eigenvalue weighted by Crippen LogP contribution is -2.59. The number of hydrogen-bond donors (Lipinski definition) is 1. The maximum absolute atomic E-state index is 12.8. The Hall–Kier alpha value is -0.710. The molecule has 1 N–H and O–H groups in total. The monoisotopic (exact) mass is 423 g/mol. The maximum Gasteiger partial charge on any atom is 0.243 e. The first-order chi connectivity index (χ1) is 9.84. The van der Waals surface area contributed by atoms with Crippen molar-refractivity contribution in [1.29, 1.82) is 0 Å². The minimum absolute atomic E-state index is 0.212. The molecule has 1 aromatic rings. The first kappa shape index (κ1) is 16.7. The molecule has 21 heavy (non-hydrogen) atoms. The molecule has 0 aromatic heterocycles. The van der Waals surface area contributed by atoms with Gasteiger partial charge in [0.2, 0.25) is 15.9 Å². The topological polar surface area (TPSA) is 69.7 Å². The summed E-state index contributed by atoms with van der Waals surface area (Å²) in [5.41, 5.74) is 0. The highest BCUT2D eigenvalue weighted by Gasteiger charge is 2.38. The molecule has 0 radical (unpaired) electrons. The average molecular weight is 423 g/mol. The summed E-state index contributed by atoms with van der Waals surface area (Å²) in [6, 6.07) is 5.96. The van der Waals surface area contributed by atoms with Crippen molar-refractivity contribution in [3.63, 3.8) is 0 Å². The van der Waals surface area contributed by atoms with E-state index in [4.69, 9.17) is 0 Å². The number of piperazine rings is 1. The smallest absolute Gasteiger partial charge is 0.243 e. The van der Waals surface area contributed by atoms with Crippen LogP contribution in [-0.2, 0) is 14.8 Å². The molecule has 8 heteroatoms. The summed E-state index contributed by atoms with van der Waals surface area (Å²) in [5, 5.41) is 3.08. The number of halogens is 1. The lowest BCUT2D eigenvalue weighted by atomic mass is 10.2. The third-order valence-electron chi connectivity index (χ3n) is 3.34. The Morgan fingerprint density at radius 1 is 1.33 bits per heavy atom. The molecule has 2 rings (SSSR count). The van der Waals surface area contributed by atoms with Gasteiger partial charge >= 0.3 is 0 Å². The van der Waals surface area contributed by atoms with Crippen molar-refractivity contribution < 1.29 is 13.2 Å². The average Bonchev–Trinajstić information content (AvgIpc) is 2.46. The fraction of sp³-hybridized carbons (Fsp3) is 0.462. The lowest BCUT2D eigenvalue weighted by molar-refractivity contribution is -0.133. The van der Waals surface area contributed by atoms with Crippen molar-refractivity contribution in [1.82, 2.24) is 14.5 Å². The number of hydrogen-bond acceptors (Lipinski definition) is 4. The van der Waals surface area contributed by atoms with Gasteiger partial charge in [-0.1, -0.05) is 0 Å². The second-order valence-corrected chi connectivity index (χ2v) is 8.16. The largest absolute Gasteiger partial charge is 0.347 e. The van der Waals surface area contributed by atoms with E-state index in [1.807, 2.05) is 0 Å². The number of nitrogens with zero attached hydrogens (tertiary/aromatic N) is 2. The summed E-state index contributed by atoms with van der Waals surface area (Å²) in [6.45, 7) is 1.17. The van der Waals surface area contributed by atoms with Gasteiger partial charge in [-0.3, -0.25) is 4.79 Å². The second-order valence-electron chi connectivity index (χ2n) is 5.02. The molecular weight excluding hydrogens is 405 g/mol. The summed E-state index contributed by atoms with van der Waals surface area (Å²) in [4.78, 5) is 13.9. The van der Waals surface area contributed by atoms with Crippen LogP contribution in [-0.4, -0.2) is 63.3 Å². The van der Waals surface area contributed by atoms with Crippen molar-refractivity contribution in [2.45, 2.75) is 10.9 Å². The molecule has 1 aliphatic rings. The second kappa shape index (κ2) is 6.59. The predicted molar refractivity (Wildman–Crippen MR) is 88.4 cm³/mol. The zero-order valence-corrected chi connectivity index (χ0v) is 14.9.